The topological polar surface area (TPSA) is 66.8 Å². The van der Waals surface area contributed by atoms with Crippen LogP contribution in [-0.4, -0.2) is 49.9 Å². The molecule has 9 heteroatoms. The quantitative estimate of drug-likeness (QED) is 0.876. The van der Waals surface area contributed by atoms with Crippen LogP contribution in [0.15, 0.2) is 24.3 Å². The Bertz CT molecular complexity index is 648. The first-order valence-electron chi connectivity index (χ1n) is 6.99. The third-order valence-electron chi connectivity index (χ3n) is 3.74. The lowest BCUT2D eigenvalue weighted by atomic mass is 10.0. The van der Waals surface area contributed by atoms with Gasteiger partial charge in [-0.15, -0.1) is 0 Å². The average Bonchev–Trinajstić information content (AvgIpc) is 2.87. The summed E-state index contributed by atoms with van der Waals surface area (Å²) in [4.78, 5) is 0. The largest absolute Gasteiger partial charge is 0.416 e. The number of halogens is 3. The van der Waals surface area contributed by atoms with Gasteiger partial charge in [0.2, 0.25) is 10.0 Å². The summed E-state index contributed by atoms with van der Waals surface area (Å²) < 4.78 is 68.9. The standard InChI is InChI=1S/C14H18F3NO4S/c1-22-5-6-23(20,21)18-9-12(19)8-13(18)10-3-2-4-11(7-10)14(15,16)17/h2-4,7,12-13,19H,5-6,8-9H2,1H3/t12-,13-/m1/s1. The Labute approximate surface area is 132 Å². The Morgan fingerprint density at radius 1 is 1.39 bits per heavy atom. The number of methoxy groups -OCH3 is 1. The van der Waals surface area contributed by atoms with Crippen LogP contribution in [0.5, 0.6) is 0 Å². The number of nitrogens with zero attached hydrogens (tertiary/aromatic N) is 1. The fraction of sp³-hybridized carbons (Fsp3) is 0.571. The van der Waals surface area contributed by atoms with Gasteiger partial charge >= 0.3 is 6.18 Å². The van der Waals surface area contributed by atoms with E-state index in [-0.39, 0.29) is 30.9 Å². The van der Waals surface area contributed by atoms with Crippen LogP contribution in [-0.2, 0) is 20.9 Å². The minimum atomic E-state index is -4.51. The molecule has 1 fully saturated rings. The van der Waals surface area contributed by atoms with Crippen molar-refractivity contribution < 1.29 is 31.4 Å². The minimum absolute atomic E-state index is 0.0236. The van der Waals surface area contributed by atoms with Crippen LogP contribution in [0, 0.1) is 0 Å². The lowest BCUT2D eigenvalue weighted by Gasteiger charge is -2.24. The molecule has 1 saturated heterocycles. The fourth-order valence-corrected chi connectivity index (χ4v) is 4.23. The van der Waals surface area contributed by atoms with Gasteiger partial charge in [-0.1, -0.05) is 12.1 Å². The van der Waals surface area contributed by atoms with Gasteiger partial charge in [0, 0.05) is 13.7 Å². The number of ether oxygens (including phenoxy) is 1. The van der Waals surface area contributed by atoms with Crippen molar-refractivity contribution in [3.63, 3.8) is 0 Å². The van der Waals surface area contributed by atoms with Crippen molar-refractivity contribution in [1.29, 1.82) is 0 Å². The highest BCUT2D eigenvalue weighted by molar-refractivity contribution is 7.89. The smallest absolute Gasteiger partial charge is 0.392 e. The molecule has 1 aromatic rings. The van der Waals surface area contributed by atoms with E-state index < -0.39 is 33.9 Å². The molecule has 0 amide bonds. The third kappa shape index (κ3) is 4.23. The van der Waals surface area contributed by atoms with Gasteiger partial charge in [0.25, 0.3) is 0 Å². The van der Waals surface area contributed by atoms with Gasteiger partial charge in [0.15, 0.2) is 0 Å². The third-order valence-corrected chi connectivity index (χ3v) is 5.54. The van der Waals surface area contributed by atoms with Gasteiger partial charge in [-0.25, -0.2) is 8.42 Å². The molecule has 1 aromatic carbocycles. The molecular formula is C14H18F3NO4S. The van der Waals surface area contributed by atoms with Gasteiger partial charge in [0.05, 0.1) is 30.1 Å². The van der Waals surface area contributed by atoms with Crippen molar-refractivity contribution in [3.8, 4) is 0 Å². The molecule has 0 saturated carbocycles. The first-order chi connectivity index (χ1) is 10.6. The number of aliphatic hydroxyl groups is 1. The van der Waals surface area contributed by atoms with E-state index in [0.29, 0.717) is 0 Å². The molecule has 5 nitrogen and oxygen atoms in total. The fourth-order valence-electron chi connectivity index (χ4n) is 2.62. The van der Waals surface area contributed by atoms with Crippen LogP contribution in [0.2, 0.25) is 0 Å². The van der Waals surface area contributed by atoms with Crippen LogP contribution in [0.1, 0.15) is 23.6 Å². The Kier molecular flexibility index (Phi) is 5.34. The molecule has 2 rings (SSSR count). The first-order valence-corrected chi connectivity index (χ1v) is 8.60. The Morgan fingerprint density at radius 3 is 2.70 bits per heavy atom. The highest BCUT2D eigenvalue weighted by atomic mass is 32.2. The second-order valence-corrected chi connectivity index (χ2v) is 7.45. The van der Waals surface area contributed by atoms with E-state index in [4.69, 9.17) is 4.74 Å². The van der Waals surface area contributed by atoms with Crippen molar-refractivity contribution in [2.24, 2.45) is 0 Å². The van der Waals surface area contributed by atoms with Crippen molar-refractivity contribution in [2.45, 2.75) is 24.7 Å². The summed E-state index contributed by atoms with van der Waals surface area (Å²) in [6.45, 7) is -0.156. The Morgan fingerprint density at radius 2 is 2.09 bits per heavy atom. The number of aliphatic hydroxyl groups excluding tert-OH is 1. The highest BCUT2D eigenvalue weighted by Gasteiger charge is 2.40. The predicted molar refractivity (Wildman–Crippen MR) is 77.2 cm³/mol. The van der Waals surface area contributed by atoms with E-state index in [1.807, 2.05) is 0 Å². The highest BCUT2D eigenvalue weighted by Crippen LogP contribution is 2.37. The average molecular weight is 353 g/mol. The van der Waals surface area contributed by atoms with Gasteiger partial charge in [-0.3, -0.25) is 0 Å². The van der Waals surface area contributed by atoms with E-state index in [1.165, 1.54) is 19.2 Å². The molecule has 0 aromatic heterocycles. The summed E-state index contributed by atoms with van der Waals surface area (Å²) in [5.41, 5.74) is -0.622. The number of β-amino-alcohol motifs (C(OH)–C–C–N with tert-alkyl or cyclic N) is 1. The zero-order chi connectivity index (χ0) is 17.3. The van der Waals surface area contributed by atoms with E-state index in [0.717, 1.165) is 16.4 Å². The second kappa shape index (κ2) is 6.76. The molecule has 1 aliphatic rings. The first kappa shape index (κ1) is 18.2. The molecule has 0 bridgehead atoms. The Hall–Kier alpha value is -1.16. The summed E-state index contributed by atoms with van der Waals surface area (Å²) in [6.07, 6.45) is -5.35. The normalized spacial score (nSPS) is 23.3. The van der Waals surface area contributed by atoms with Crippen LogP contribution in [0.3, 0.4) is 0 Å². The van der Waals surface area contributed by atoms with Gasteiger partial charge < -0.3 is 9.84 Å². The second-order valence-electron chi connectivity index (χ2n) is 5.41. The zero-order valence-electron chi connectivity index (χ0n) is 12.5. The summed E-state index contributed by atoms with van der Waals surface area (Å²) in [7, 11) is -2.37. The number of rotatable bonds is 5. The number of alkyl halides is 3. The lowest BCUT2D eigenvalue weighted by Crippen LogP contribution is -2.35. The molecule has 23 heavy (non-hydrogen) atoms. The van der Waals surface area contributed by atoms with E-state index >= 15 is 0 Å². The van der Waals surface area contributed by atoms with E-state index in [2.05, 4.69) is 0 Å². The minimum Gasteiger partial charge on any atom is -0.392 e. The van der Waals surface area contributed by atoms with E-state index in [9.17, 15) is 26.7 Å². The molecule has 0 spiro atoms. The number of sulfonamides is 1. The molecular weight excluding hydrogens is 335 g/mol. The maximum Gasteiger partial charge on any atom is 0.416 e. The molecule has 1 N–H and O–H groups in total. The molecule has 1 heterocycles. The number of hydrogen-bond donors (Lipinski definition) is 1. The van der Waals surface area contributed by atoms with Crippen molar-refractivity contribution >= 4 is 10.0 Å². The summed E-state index contributed by atoms with van der Waals surface area (Å²) in [6, 6.07) is 3.73. The van der Waals surface area contributed by atoms with Crippen LogP contribution in [0.4, 0.5) is 13.2 Å². The molecule has 0 unspecified atom stereocenters. The molecule has 0 aliphatic carbocycles. The number of hydrogen-bond acceptors (Lipinski definition) is 4. The molecule has 130 valence electrons. The monoisotopic (exact) mass is 353 g/mol. The van der Waals surface area contributed by atoms with Gasteiger partial charge in [-0.05, 0) is 24.1 Å². The summed E-state index contributed by atoms with van der Waals surface area (Å²) in [5, 5.41) is 9.79. The van der Waals surface area contributed by atoms with Crippen LogP contribution >= 0.6 is 0 Å². The maximum atomic E-state index is 12.8. The van der Waals surface area contributed by atoms with Crippen molar-refractivity contribution in [3.05, 3.63) is 35.4 Å². The number of benzene rings is 1. The SMILES string of the molecule is COCCS(=O)(=O)N1C[C@H](O)C[C@@H]1c1cccc(C(F)(F)F)c1. The van der Waals surface area contributed by atoms with Crippen LogP contribution < -0.4 is 0 Å². The molecule has 2 atom stereocenters. The zero-order valence-corrected chi connectivity index (χ0v) is 13.3. The Balaban J connectivity index is 2.33. The van der Waals surface area contributed by atoms with Gasteiger partial charge in [0.1, 0.15) is 0 Å². The van der Waals surface area contributed by atoms with E-state index in [1.54, 1.807) is 0 Å². The van der Waals surface area contributed by atoms with Crippen molar-refractivity contribution in [2.75, 3.05) is 26.0 Å². The molecule has 1 aliphatic heterocycles. The molecule has 0 radical (unpaired) electrons. The predicted octanol–water partition coefficient (Wildman–Crippen LogP) is 1.79. The summed E-state index contributed by atoms with van der Waals surface area (Å²) in [5.74, 6) is -0.286. The van der Waals surface area contributed by atoms with Crippen molar-refractivity contribution in [1.82, 2.24) is 4.31 Å². The summed E-state index contributed by atoms with van der Waals surface area (Å²) >= 11 is 0. The maximum absolute atomic E-state index is 12.8. The van der Waals surface area contributed by atoms with Crippen LogP contribution in [0.25, 0.3) is 0 Å². The lowest BCUT2D eigenvalue weighted by molar-refractivity contribution is -0.137. The van der Waals surface area contributed by atoms with Gasteiger partial charge in [-0.2, -0.15) is 17.5 Å².